The molecule has 0 amide bonds. The van der Waals surface area contributed by atoms with Crippen LogP contribution in [0.25, 0.3) is 0 Å². The largest absolute Gasteiger partial charge is 0.0893 e. The van der Waals surface area contributed by atoms with Crippen LogP contribution in [0.1, 0.15) is 30.9 Å². The van der Waals surface area contributed by atoms with E-state index >= 15 is 0 Å². The average molecular weight is 178 g/mol. The van der Waals surface area contributed by atoms with Crippen LogP contribution in [0.4, 0.5) is 0 Å². The van der Waals surface area contributed by atoms with E-state index in [1.807, 2.05) is 6.92 Å². The fourth-order valence-electron chi connectivity index (χ4n) is 1.29. The molecule has 1 rings (SSSR count). The summed E-state index contributed by atoms with van der Waals surface area (Å²) in [4.78, 5) is 1.06. The molecule has 0 aromatic heterocycles. The van der Waals surface area contributed by atoms with Crippen molar-refractivity contribution < 1.29 is 0 Å². The SMILES string of the molecule is CC(=S)C(C)c1ccccc1C. The van der Waals surface area contributed by atoms with Gasteiger partial charge in [0.1, 0.15) is 0 Å². The number of hydrogen-bond donors (Lipinski definition) is 0. The molecule has 0 bridgehead atoms. The zero-order valence-electron chi connectivity index (χ0n) is 7.79. The van der Waals surface area contributed by atoms with Crippen LogP contribution in [0.2, 0.25) is 0 Å². The Morgan fingerprint density at radius 2 is 1.92 bits per heavy atom. The summed E-state index contributed by atoms with van der Waals surface area (Å²) in [6.07, 6.45) is 0. The lowest BCUT2D eigenvalue weighted by molar-refractivity contribution is 1.01. The highest BCUT2D eigenvalue weighted by Gasteiger charge is 2.08. The van der Waals surface area contributed by atoms with Crippen LogP contribution in [-0.4, -0.2) is 4.86 Å². The summed E-state index contributed by atoms with van der Waals surface area (Å²) in [6.45, 7) is 6.29. The summed E-state index contributed by atoms with van der Waals surface area (Å²) in [5.74, 6) is 0.404. The van der Waals surface area contributed by atoms with Crippen molar-refractivity contribution in [3.05, 3.63) is 35.4 Å². The van der Waals surface area contributed by atoms with Crippen molar-refractivity contribution in [2.75, 3.05) is 0 Å². The minimum atomic E-state index is 0.404. The van der Waals surface area contributed by atoms with Crippen molar-refractivity contribution in [1.82, 2.24) is 0 Å². The van der Waals surface area contributed by atoms with Gasteiger partial charge < -0.3 is 0 Å². The zero-order chi connectivity index (χ0) is 9.14. The summed E-state index contributed by atoms with van der Waals surface area (Å²) in [6, 6.07) is 8.40. The Morgan fingerprint density at radius 3 is 2.42 bits per heavy atom. The zero-order valence-corrected chi connectivity index (χ0v) is 8.61. The van der Waals surface area contributed by atoms with Crippen molar-refractivity contribution in [3.63, 3.8) is 0 Å². The molecule has 0 saturated carbocycles. The Bertz CT molecular complexity index is 289. The molecule has 1 unspecified atom stereocenters. The van der Waals surface area contributed by atoms with E-state index in [0.29, 0.717) is 5.92 Å². The highest BCUT2D eigenvalue weighted by molar-refractivity contribution is 7.80. The van der Waals surface area contributed by atoms with Crippen LogP contribution in [0.3, 0.4) is 0 Å². The molecular weight excluding hydrogens is 164 g/mol. The Labute approximate surface area is 79.6 Å². The number of benzene rings is 1. The molecule has 0 N–H and O–H groups in total. The second-order valence-electron chi connectivity index (χ2n) is 3.19. The fourth-order valence-corrected chi connectivity index (χ4v) is 1.42. The molecule has 1 aromatic rings. The predicted octanol–water partition coefficient (Wildman–Crippen LogP) is 3.49. The molecule has 0 aliphatic heterocycles. The van der Waals surface area contributed by atoms with Gasteiger partial charge in [-0.3, -0.25) is 0 Å². The predicted molar refractivity (Wildman–Crippen MR) is 57.9 cm³/mol. The fraction of sp³-hybridized carbons (Fsp3) is 0.364. The topological polar surface area (TPSA) is 0 Å². The van der Waals surface area contributed by atoms with Gasteiger partial charge in [-0.05, 0) is 29.8 Å². The summed E-state index contributed by atoms with van der Waals surface area (Å²) >= 11 is 5.16. The number of thiocarbonyl (C=S) groups is 1. The molecule has 0 radical (unpaired) electrons. The lowest BCUT2D eigenvalue weighted by Crippen LogP contribution is -2.03. The first-order valence-electron chi connectivity index (χ1n) is 4.19. The molecular formula is C11H14S. The molecule has 0 saturated heterocycles. The van der Waals surface area contributed by atoms with Gasteiger partial charge >= 0.3 is 0 Å². The van der Waals surface area contributed by atoms with Crippen LogP contribution in [0, 0.1) is 6.92 Å². The van der Waals surface area contributed by atoms with E-state index in [9.17, 15) is 0 Å². The minimum Gasteiger partial charge on any atom is -0.0893 e. The first-order valence-corrected chi connectivity index (χ1v) is 4.59. The number of hydrogen-bond acceptors (Lipinski definition) is 1. The Morgan fingerprint density at radius 1 is 1.33 bits per heavy atom. The van der Waals surface area contributed by atoms with E-state index in [1.54, 1.807) is 0 Å². The Balaban J connectivity index is 3.02. The summed E-state index contributed by atoms with van der Waals surface area (Å²) < 4.78 is 0. The lowest BCUT2D eigenvalue weighted by atomic mass is 9.94. The van der Waals surface area contributed by atoms with Crippen molar-refractivity contribution in [3.8, 4) is 0 Å². The Kier molecular flexibility index (Phi) is 2.99. The molecule has 0 aliphatic carbocycles. The van der Waals surface area contributed by atoms with Gasteiger partial charge in [-0.1, -0.05) is 43.4 Å². The molecule has 12 heavy (non-hydrogen) atoms. The van der Waals surface area contributed by atoms with Crippen molar-refractivity contribution in [1.29, 1.82) is 0 Å². The molecule has 1 atom stereocenters. The third kappa shape index (κ3) is 1.92. The molecule has 0 spiro atoms. The van der Waals surface area contributed by atoms with Gasteiger partial charge in [-0.15, -0.1) is 0 Å². The Hall–Kier alpha value is -0.690. The van der Waals surface area contributed by atoms with Crippen LogP contribution in [0.5, 0.6) is 0 Å². The third-order valence-electron chi connectivity index (χ3n) is 2.26. The summed E-state index contributed by atoms with van der Waals surface area (Å²) in [5, 5.41) is 0. The first kappa shape index (κ1) is 9.40. The average Bonchev–Trinajstić information content (AvgIpc) is 2.04. The van der Waals surface area contributed by atoms with Gasteiger partial charge in [0.2, 0.25) is 0 Å². The molecule has 0 aliphatic rings. The molecule has 1 aromatic carbocycles. The summed E-state index contributed by atoms with van der Waals surface area (Å²) in [5.41, 5.74) is 2.68. The van der Waals surface area contributed by atoms with Gasteiger partial charge in [0.25, 0.3) is 0 Å². The van der Waals surface area contributed by atoms with Gasteiger partial charge in [0, 0.05) is 5.92 Å². The van der Waals surface area contributed by atoms with E-state index in [-0.39, 0.29) is 0 Å². The highest BCUT2D eigenvalue weighted by Crippen LogP contribution is 2.20. The normalized spacial score (nSPS) is 12.6. The standard InChI is InChI=1S/C11H14S/c1-8-6-4-5-7-11(8)9(2)10(3)12/h4-7,9H,1-3H3. The second kappa shape index (κ2) is 3.81. The van der Waals surface area contributed by atoms with Crippen molar-refractivity contribution in [2.45, 2.75) is 26.7 Å². The van der Waals surface area contributed by atoms with E-state index in [1.165, 1.54) is 11.1 Å². The molecule has 1 heteroatoms. The number of aryl methyl sites for hydroxylation is 1. The van der Waals surface area contributed by atoms with Crippen molar-refractivity contribution >= 4 is 17.1 Å². The molecule has 0 fully saturated rings. The van der Waals surface area contributed by atoms with Crippen LogP contribution >= 0.6 is 12.2 Å². The van der Waals surface area contributed by atoms with Crippen molar-refractivity contribution in [2.24, 2.45) is 0 Å². The van der Waals surface area contributed by atoms with Gasteiger partial charge in [-0.2, -0.15) is 0 Å². The second-order valence-corrected chi connectivity index (χ2v) is 3.83. The first-order chi connectivity index (χ1) is 5.63. The van der Waals surface area contributed by atoms with E-state index in [4.69, 9.17) is 12.2 Å². The van der Waals surface area contributed by atoms with Gasteiger partial charge in [0.05, 0.1) is 0 Å². The molecule has 0 heterocycles. The minimum absolute atomic E-state index is 0.404. The van der Waals surface area contributed by atoms with Gasteiger partial charge in [-0.25, -0.2) is 0 Å². The van der Waals surface area contributed by atoms with Gasteiger partial charge in [0.15, 0.2) is 0 Å². The van der Waals surface area contributed by atoms with E-state index in [0.717, 1.165) is 4.86 Å². The molecule has 64 valence electrons. The van der Waals surface area contributed by atoms with Crippen LogP contribution < -0.4 is 0 Å². The third-order valence-corrected chi connectivity index (χ3v) is 2.62. The highest BCUT2D eigenvalue weighted by atomic mass is 32.1. The maximum atomic E-state index is 5.16. The van der Waals surface area contributed by atoms with Crippen LogP contribution in [-0.2, 0) is 0 Å². The van der Waals surface area contributed by atoms with E-state index < -0.39 is 0 Å². The molecule has 0 nitrogen and oxygen atoms in total. The quantitative estimate of drug-likeness (QED) is 0.625. The monoisotopic (exact) mass is 178 g/mol. The lowest BCUT2D eigenvalue weighted by Gasteiger charge is -2.12. The van der Waals surface area contributed by atoms with Crippen LogP contribution in [0.15, 0.2) is 24.3 Å². The number of rotatable bonds is 2. The maximum Gasteiger partial charge on any atom is 0.0124 e. The summed E-state index contributed by atoms with van der Waals surface area (Å²) in [7, 11) is 0. The maximum absolute atomic E-state index is 5.16. The van der Waals surface area contributed by atoms with E-state index in [2.05, 4.69) is 38.1 Å². The smallest absolute Gasteiger partial charge is 0.0124 e.